The number of hydrogen-bond donors (Lipinski definition) is 3. The van der Waals surface area contributed by atoms with Crippen LogP contribution in [0.1, 0.15) is 25.1 Å². The molecule has 1 fully saturated rings. The van der Waals surface area contributed by atoms with Crippen LogP contribution in [-0.2, 0) is 11.3 Å². The van der Waals surface area contributed by atoms with Crippen molar-refractivity contribution in [1.29, 1.82) is 0 Å². The van der Waals surface area contributed by atoms with Crippen LogP contribution in [0.3, 0.4) is 0 Å². The summed E-state index contributed by atoms with van der Waals surface area (Å²) in [6.07, 6.45) is 3.18. The monoisotopic (exact) mass is 244 g/mol. The predicted molar refractivity (Wildman–Crippen MR) is 70.0 cm³/mol. The molecular formula is C13H16N4O. The zero-order valence-corrected chi connectivity index (χ0v) is 10.1. The van der Waals surface area contributed by atoms with Gasteiger partial charge >= 0.3 is 0 Å². The Balaban J connectivity index is 1.81. The summed E-state index contributed by atoms with van der Waals surface area (Å²) in [5, 5.41) is 2.95. The lowest BCUT2D eigenvalue weighted by Crippen LogP contribution is -2.27. The smallest absolute Gasteiger partial charge is 0.227 e. The molecule has 0 saturated heterocycles. The number of nitrogens with one attached hydrogen (secondary N) is 2. The molecule has 1 heterocycles. The second kappa shape index (κ2) is 4.42. The van der Waals surface area contributed by atoms with E-state index in [1.807, 2.05) is 18.2 Å². The number of nitrogens with two attached hydrogens (primary N) is 1. The Hall–Kier alpha value is -1.88. The summed E-state index contributed by atoms with van der Waals surface area (Å²) in [5.41, 5.74) is 8.12. The van der Waals surface area contributed by atoms with Gasteiger partial charge in [0.25, 0.3) is 0 Å². The van der Waals surface area contributed by atoms with Gasteiger partial charge in [-0.15, -0.1) is 0 Å². The van der Waals surface area contributed by atoms with Gasteiger partial charge in [-0.3, -0.25) is 4.79 Å². The zero-order chi connectivity index (χ0) is 12.5. The van der Waals surface area contributed by atoms with Crippen molar-refractivity contribution in [3.05, 3.63) is 24.0 Å². The molecule has 2 aromatic rings. The van der Waals surface area contributed by atoms with Gasteiger partial charge in [0.2, 0.25) is 5.91 Å². The van der Waals surface area contributed by atoms with E-state index in [1.54, 1.807) is 0 Å². The molecule has 1 amide bonds. The Morgan fingerprint density at radius 2 is 2.33 bits per heavy atom. The number of imidazole rings is 1. The molecule has 0 atom stereocenters. The van der Waals surface area contributed by atoms with Crippen molar-refractivity contribution in [2.45, 2.75) is 25.8 Å². The first-order valence-corrected chi connectivity index (χ1v) is 6.26. The number of amides is 1. The Bertz CT molecular complexity index is 586. The fourth-order valence-electron chi connectivity index (χ4n) is 2.15. The first-order chi connectivity index (χ1) is 8.76. The largest absolute Gasteiger partial charge is 0.341 e. The Labute approximate surface area is 105 Å². The molecule has 4 N–H and O–H groups in total. The molecule has 1 aromatic heterocycles. The van der Waals surface area contributed by atoms with Crippen LogP contribution in [0.2, 0.25) is 0 Å². The molecule has 18 heavy (non-hydrogen) atoms. The number of benzene rings is 1. The van der Waals surface area contributed by atoms with Crippen molar-refractivity contribution in [2.24, 2.45) is 11.7 Å². The van der Waals surface area contributed by atoms with Gasteiger partial charge in [0.1, 0.15) is 5.82 Å². The molecular weight excluding hydrogens is 228 g/mol. The van der Waals surface area contributed by atoms with E-state index in [9.17, 15) is 4.79 Å². The highest BCUT2D eigenvalue weighted by atomic mass is 16.1. The summed E-state index contributed by atoms with van der Waals surface area (Å²) in [6.45, 7) is 0.387. The second-order valence-electron chi connectivity index (χ2n) is 4.74. The number of carbonyl (C=O) groups is 1. The minimum absolute atomic E-state index is 0.124. The average Bonchev–Trinajstić information content (AvgIpc) is 2.68. The number of hydrogen-bond acceptors (Lipinski definition) is 3. The van der Waals surface area contributed by atoms with Gasteiger partial charge in [0.15, 0.2) is 0 Å². The van der Waals surface area contributed by atoms with Crippen LogP contribution in [-0.4, -0.2) is 15.9 Å². The topological polar surface area (TPSA) is 83.8 Å². The quantitative estimate of drug-likeness (QED) is 0.769. The van der Waals surface area contributed by atoms with Crippen LogP contribution < -0.4 is 11.1 Å². The van der Waals surface area contributed by atoms with Gasteiger partial charge in [0.05, 0.1) is 17.6 Å². The number of rotatable bonds is 3. The first kappa shape index (κ1) is 11.2. The Morgan fingerprint density at radius 3 is 3.00 bits per heavy atom. The molecule has 1 aliphatic rings. The number of H-pyrrole nitrogens is 1. The maximum Gasteiger partial charge on any atom is 0.227 e. The summed E-state index contributed by atoms with van der Waals surface area (Å²) in [6, 6.07) is 5.67. The van der Waals surface area contributed by atoms with Crippen molar-refractivity contribution in [2.75, 3.05) is 5.32 Å². The van der Waals surface area contributed by atoms with Crippen LogP contribution in [0.15, 0.2) is 18.2 Å². The molecule has 3 rings (SSSR count). The lowest BCUT2D eigenvalue weighted by atomic mass is 9.85. The molecule has 1 saturated carbocycles. The fraction of sp³-hybridized carbons (Fsp3) is 0.385. The third-order valence-corrected chi connectivity index (χ3v) is 3.47. The number of carbonyl (C=O) groups excluding carboxylic acids is 1. The maximum atomic E-state index is 11.8. The van der Waals surface area contributed by atoms with Crippen LogP contribution in [0.5, 0.6) is 0 Å². The number of anilines is 1. The summed E-state index contributed by atoms with van der Waals surface area (Å²) >= 11 is 0. The lowest BCUT2D eigenvalue weighted by molar-refractivity contribution is -0.122. The molecule has 0 unspecified atom stereocenters. The lowest BCUT2D eigenvalue weighted by Gasteiger charge is -2.23. The van der Waals surface area contributed by atoms with Crippen molar-refractivity contribution in [1.82, 2.24) is 9.97 Å². The van der Waals surface area contributed by atoms with Gasteiger partial charge in [0, 0.05) is 11.6 Å². The summed E-state index contributed by atoms with van der Waals surface area (Å²) in [4.78, 5) is 19.3. The average molecular weight is 244 g/mol. The van der Waals surface area contributed by atoms with Crippen molar-refractivity contribution in [3.63, 3.8) is 0 Å². The summed E-state index contributed by atoms with van der Waals surface area (Å²) < 4.78 is 0. The fourth-order valence-corrected chi connectivity index (χ4v) is 2.15. The number of aromatic amines is 1. The second-order valence-corrected chi connectivity index (χ2v) is 4.74. The van der Waals surface area contributed by atoms with Crippen molar-refractivity contribution in [3.8, 4) is 0 Å². The molecule has 5 nitrogen and oxygen atoms in total. The van der Waals surface area contributed by atoms with E-state index in [0.29, 0.717) is 6.54 Å². The van der Waals surface area contributed by atoms with Crippen LogP contribution in [0.4, 0.5) is 5.69 Å². The van der Waals surface area contributed by atoms with E-state index in [-0.39, 0.29) is 11.8 Å². The third kappa shape index (κ3) is 1.97. The molecule has 1 aliphatic carbocycles. The van der Waals surface area contributed by atoms with Crippen LogP contribution in [0, 0.1) is 5.92 Å². The molecule has 0 spiro atoms. The van der Waals surface area contributed by atoms with Gasteiger partial charge < -0.3 is 16.0 Å². The normalized spacial score (nSPS) is 15.6. The van der Waals surface area contributed by atoms with Gasteiger partial charge in [-0.2, -0.15) is 0 Å². The van der Waals surface area contributed by atoms with E-state index in [4.69, 9.17) is 5.73 Å². The van der Waals surface area contributed by atoms with Gasteiger partial charge in [-0.25, -0.2) is 4.98 Å². The number of nitrogens with zero attached hydrogens (tertiary/aromatic N) is 1. The third-order valence-electron chi connectivity index (χ3n) is 3.47. The minimum Gasteiger partial charge on any atom is -0.341 e. The molecule has 0 aliphatic heterocycles. The first-order valence-electron chi connectivity index (χ1n) is 6.26. The van der Waals surface area contributed by atoms with Crippen molar-refractivity contribution < 1.29 is 4.79 Å². The molecule has 5 heteroatoms. The van der Waals surface area contributed by atoms with Gasteiger partial charge in [-0.1, -0.05) is 6.42 Å². The van der Waals surface area contributed by atoms with Crippen LogP contribution in [0.25, 0.3) is 11.0 Å². The Morgan fingerprint density at radius 1 is 1.50 bits per heavy atom. The van der Waals surface area contributed by atoms with E-state index < -0.39 is 0 Å². The standard InChI is InChI=1S/C13H16N4O/c14-7-12-16-10-5-4-9(6-11(10)17-12)15-13(18)8-2-1-3-8/h4-6,8H,1-3,7,14H2,(H,15,18)(H,16,17). The SMILES string of the molecule is NCc1nc2ccc(NC(=O)C3CCC3)cc2[nH]1. The predicted octanol–water partition coefficient (Wildman–Crippen LogP) is 1.76. The van der Waals surface area contributed by atoms with E-state index in [0.717, 1.165) is 41.8 Å². The molecule has 0 bridgehead atoms. The zero-order valence-electron chi connectivity index (χ0n) is 10.1. The summed E-state index contributed by atoms with van der Waals surface area (Å²) in [5.74, 6) is 1.08. The van der Waals surface area contributed by atoms with E-state index in [2.05, 4.69) is 15.3 Å². The minimum atomic E-state index is 0.124. The summed E-state index contributed by atoms with van der Waals surface area (Å²) in [7, 11) is 0. The van der Waals surface area contributed by atoms with Gasteiger partial charge in [-0.05, 0) is 31.0 Å². The molecule has 94 valence electrons. The van der Waals surface area contributed by atoms with Crippen LogP contribution >= 0.6 is 0 Å². The maximum absolute atomic E-state index is 11.8. The Kier molecular flexibility index (Phi) is 2.76. The number of aromatic nitrogens is 2. The molecule has 0 radical (unpaired) electrons. The highest BCUT2D eigenvalue weighted by Crippen LogP contribution is 2.28. The van der Waals surface area contributed by atoms with E-state index in [1.165, 1.54) is 0 Å². The highest BCUT2D eigenvalue weighted by Gasteiger charge is 2.25. The molecule has 1 aromatic carbocycles. The van der Waals surface area contributed by atoms with E-state index >= 15 is 0 Å². The number of fused-ring (bicyclic) bond motifs is 1. The highest BCUT2D eigenvalue weighted by molar-refractivity contribution is 5.94. The van der Waals surface area contributed by atoms with Crippen molar-refractivity contribution >= 4 is 22.6 Å².